The van der Waals surface area contributed by atoms with Crippen LogP contribution in [-0.2, 0) is 14.3 Å². The van der Waals surface area contributed by atoms with Crippen LogP contribution in [0.25, 0.3) is 0 Å². The Labute approximate surface area is 205 Å². The highest BCUT2D eigenvalue weighted by Gasteiger charge is 2.46. The standard InChI is InChI=1S/C28H31NO6/c1-17-24(27(32)35-13-12-34-19-8-6-5-7-9-19)25(18-10-11-21(30)23(14-18)33-4)26-20(29-17)15-28(2,3)16-22(26)31/h5-11,14,24-25,30H,12-13,15-16H2,1-4H3/t24?,25-/m0/s1. The van der Waals surface area contributed by atoms with Crippen LogP contribution in [-0.4, -0.2) is 42.9 Å². The third-order valence-electron chi connectivity index (χ3n) is 6.46. The first-order valence-electron chi connectivity index (χ1n) is 11.7. The van der Waals surface area contributed by atoms with E-state index in [9.17, 15) is 14.7 Å². The van der Waals surface area contributed by atoms with Gasteiger partial charge in [0.15, 0.2) is 17.3 Å². The molecule has 0 amide bonds. The van der Waals surface area contributed by atoms with Crippen molar-refractivity contribution in [1.29, 1.82) is 0 Å². The van der Waals surface area contributed by atoms with E-state index in [4.69, 9.17) is 19.2 Å². The normalized spacial score (nSPS) is 21.1. The molecular weight excluding hydrogens is 446 g/mol. The Balaban J connectivity index is 1.63. The summed E-state index contributed by atoms with van der Waals surface area (Å²) in [4.78, 5) is 31.4. The molecule has 1 unspecified atom stereocenters. The van der Waals surface area contributed by atoms with Gasteiger partial charge in [-0.3, -0.25) is 14.6 Å². The first-order chi connectivity index (χ1) is 16.7. The Kier molecular flexibility index (Phi) is 6.96. The highest BCUT2D eigenvalue weighted by atomic mass is 16.6. The number of rotatable bonds is 7. The molecule has 7 heteroatoms. The van der Waals surface area contributed by atoms with Gasteiger partial charge >= 0.3 is 5.97 Å². The molecule has 0 aromatic heterocycles. The van der Waals surface area contributed by atoms with Crippen molar-refractivity contribution < 1.29 is 28.9 Å². The molecule has 4 rings (SSSR count). The topological polar surface area (TPSA) is 94.4 Å². The number of ketones is 1. The fourth-order valence-electron chi connectivity index (χ4n) is 4.91. The Morgan fingerprint density at radius 1 is 1.11 bits per heavy atom. The number of para-hydroxylation sites is 1. The molecule has 35 heavy (non-hydrogen) atoms. The summed E-state index contributed by atoms with van der Waals surface area (Å²) in [5.74, 6) is -0.887. The van der Waals surface area contributed by atoms with Crippen molar-refractivity contribution in [3.63, 3.8) is 0 Å². The lowest BCUT2D eigenvalue weighted by atomic mass is 9.67. The maximum Gasteiger partial charge on any atom is 0.315 e. The number of allylic oxidation sites excluding steroid dienone is 2. The van der Waals surface area contributed by atoms with Crippen molar-refractivity contribution in [3.8, 4) is 17.2 Å². The summed E-state index contributed by atoms with van der Waals surface area (Å²) in [5.41, 5.74) is 2.35. The molecule has 2 atom stereocenters. The fraction of sp³-hybridized carbons (Fsp3) is 0.393. The van der Waals surface area contributed by atoms with Crippen LogP contribution < -0.4 is 9.47 Å². The van der Waals surface area contributed by atoms with Crippen LogP contribution in [0, 0.1) is 11.3 Å². The van der Waals surface area contributed by atoms with Crippen molar-refractivity contribution in [2.24, 2.45) is 16.3 Å². The molecule has 7 nitrogen and oxygen atoms in total. The zero-order chi connectivity index (χ0) is 25.2. The van der Waals surface area contributed by atoms with E-state index in [0.717, 1.165) is 5.70 Å². The lowest BCUT2D eigenvalue weighted by Crippen LogP contribution is -2.39. The van der Waals surface area contributed by atoms with Crippen LogP contribution in [0.1, 0.15) is 45.1 Å². The number of esters is 1. The van der Waals surface area contributed by atoms with E-state index >= 15 is 0 Å². The van der Waals surface area contributed by atoms with Crippen LogP contribution >= 0.6 is 0 Å². The van der Waals surface area contributed by atoms with E-state index in [-0.39, 0.29) is 35.9 Å². The lowest BCUT2D eigenvalue weighted by molar-refractivity contribution is -0.147. The number of nitrogens with zero attached hydrogens (tertiary/aromatic N) is 1. The predicted octanol–water partition coefficient (Wildman–Crippen LogP) is 4.84. The number of phenols is 1. The van der Waals surface area contributed by atoms with Crippen molar-refractivity contribution >= 4 is 17.5 Å². The number of ether oxygens (including phenoxy) is 3. The smallest absolute Gasteiger partial charge is 0.315 e. The zero-order valence-electron chi connectivity index (χ0n) is 20.5. The molecule has 1 aliphatic heterocycles. The average Bonchev–Trinajstić information content (AvgIpc) is 2.81. The molecule has 0 spiro atoms. The zero-order valence-corrected chi connectivity index (χ0v) is 20.5. The number of hydrogen-bond donors (Lipinski definition) is 1. The van der Waals surface area contributed by atoms with Crippen LogP contribution in [0.3, 0.4) is 0 Å². The fourth-order valence-corrected chi connectivity index (χ4v) is 4.91. The number of carbonyl (C=O) groups excluding carboxylic acids is 2. The van der Waals surface area contributed by atoms with Crippen molar-refractivity contribution in [1.82, 2.24) is 0 Å². The molecule has 2 aromatic rings. The number of aliphatic imine (C=N–C) groups is 1. The summed E-state index contributed by atoms with van der Waals surface area (Å²) in [5, 5.41) is 10.1. The minimum atomic E-state index is -0.773. The summed E-state index contributed by atoms with van der Waals surface area (Å²) in [6.07, 6.45) is 1.02. The molecule has 0 saturated heterocycles. The van der Waals surface area contributed by atoms with Crippen LogP contribution in [0.2, 0.25) is 0 Å². The molecule has 1 N–H and O–H groups in total. The molecule has 0 radical (unpaired) electrons. The highest BCUT2D eigenvalue weighted by molar-refractivity contribution is 6.09. The maximum atomic E-state index is 13.4. The summed E-state index contributed by atoms with van der Waals surface area (Å²) in [6.45, 7) is 6.16. The van der Waals surface area contributed by atoms with E-state index in [1.807, 2.05) is 44.2 Å². The molecule has 2 aliphatic rings. The highest BCUT2D eigenvalue weighted by Crippen LogP contribution is 2.48. The van der Waals surface area contributed by atoms with Gasteiger partial charge in [-0.1, -0.05) is 38.1 Å². The van der Waals surface area contributed by atoms with Crippen LogP contribution in [0.15, 0.2) is 64.8 Å². The second-order valence-corrected chi connectivity index (χ2v) is 9.77. The quantitative estimate of drug-likeness (QED) is 0.453. The number of methoxy groups -OCH3 is 1. The van der Waals surface area contributed by atoms with Gasteiger partial charge in [-0.2, -0.15) is 0 Å². The minimum absolute atomic E-state index is 0.0139. The van der Waals surface area contributed by atoms with Gasteiger partial charge in [0.1, 0.15) is 24.9 Å². The van der Waals surface area contributed by atoms with Gasteiger partial charge in [0.25, 0.3) is 0 Å². The predicted molar refractivity (Wildman–Crippen MR) is 132 cm³/mol. The maximum absolute atomic E-state index is 13.4. The van der Waals surface area contributed by atoms with Gasteiger partial charge in [0.05, 0.1) is 7.11 Å². The number of hydrogen-bond acceptors (Lipinski definition) is 7. The van der Waals surface area contributed by atoms with Gasteiger partial charge in [-0.05, 0) is 48.6 Å². The van der Waals surface area contributed by atoms with Crippen molar-refractivity contribution in [3.05, 3.63) is 65.4 Å². The van der Waals surface area contributed by atoms with E-state index in [2.05, 4.69) is 0 Å². The lowest BCUT2D eigenvalue weighted by Gasteiger charge is -2.39. The number of carbonyl (C=O) groups is 2. The van der Waals surface area contributed by atoms with Gasteiger partial charge in [-0.15, -0.1) is 0 Å². The number of aromatic hydroxyl groups is 1. The number of phenolic OH excluding ortho intramolecular Hbond substituents is 1. The van der Waals surface area contributed by atoms with Gasteiger partial charge < -0.3 is 19.3 Å². The Morgan fingerprint density at radius 3 is 2.57 bits per heavy atom. The molecule has 1 heterocycles. The summed E-state index contributed by atoms with van der Waals surface area (Å²) in [7, 11) is 1.46. The Bertz CT molecular complexity index is 1180. The Morgan fingerprint density at radius 2 is 1.86 bits per heavy atom. The third-order valence-corrected chi connectivity index (χ3v) is 6.46. The molecule has 1 aliphatic carbocycles. The van der Waals surface area contributed by atoms with Gasteiger partial charge in [0, 0.05) is 29.3 Å². The number of benzene rings is 2. The molecule has 0 saturated carbocycles. The second kappa shape index (κ2) is 9.94. The first kappa shape index (κ1) is 24.5. The number of Topliss-reactive ketones (excluding diaryl/α,β-unsaturated/α-hetero) is 1. The van der Waals surface area contributed by atoms with Crippen molar-refractivity contribution in [2.75, 3.05) is 20.3 Å². The molecule has 0 bridgehead atoms. The van der Waals surface area contributed by atoms with Crippen LogP contribution in [0.4, 0.5) is 0 Å². The summed E-state index contributed by atoms with van der Waals surface area (Å²) >= 11 is 0. The van der Waals surface area contributed by atoms with E-state index in [0.29, 0.717) is 35.4 Å². The Hall–Kier alpha value is -3.61. The molecule has 184 valence electrons. The van der Waals surface area contributed by atoms with E-state index in [1.54, 1.807) is 19.1 Å². The molecular formula is C28H31NO6. The molecule has 0 fully saturated rings. The average molecular weight is 478 g/mol. The minimum Gasteiger partial charge on any atom is -0.504 e. The van der Waals surface area contributed by atoms with Gasteiger partial charge in [0.2, 0.25) is 0 Å². The molecule has 2 aromatic carbocycles. The largest absolute Gasteiger partial charge is 0.504 e. The monoisotopic (exact) mass is 477 g/mol. The summed E-state index contributed by atoms with van der Waals surface area (Å²) < 4.78 is 16.5. The third kappa shape index (κ3) is 5.24. The second-order valence-electron chi connectivity index (χ2n) is 9.77. The van der Waals surface area contributed by atoms with Crippen LogP contribution in [0.5, 0.6) is 17.2 Å². The van der Waals surface area contributed by atoms with E-state index < -0.39 is 17.8 Å². The summed E-state index contributed by atoms with van der Waals surface area (Å²) in [6, 6.07) is 14.2. The van der Waals surface area contributed by atoms with Crippen molar-refractivity contribution in [2.45, 2.75) is 39.5 Å². The first-order valence-corrected chi connectivity index (χ1v) is 11.7. The SMILES string of the molecule is COc1cc([C@@H]2C3=C(CC(C)(C)CC3=O)N=C(C)C2C(=O)OCCOc2ccccc2)ccc1O. The van der Waals surface area contributed by atoms with Gasteiger partial charge in [-0.25, -0.2) is 0 Å². The van der Waals surface area contributed by atoms with E-state index in [1.165, 1.54) is 13.2 Å².